The number of nitrogens with one attached hydrogen (secondary N) is 1. The maximum Gasteiger partial charge on any atom is 0.272 e. The van der Waals surface area contributed by atoms with Gasteiger partial charge in [-0.2, -0.15) is 0 Å². The first kappa shape index (κ1) is 15.3. The van der Waals surface area contributed by atoms with Crippen molar-refractivity contribution in [3.05, 3.63) is 38.9 Å². The van der Waals surface area contributed by atoms with Crippen LogP contribution in [0.2, 0.25) is 5.02 Å². The van der Waals surface area contributed by atoms with Crippen molar-refractivity contribution in [2.75, 3.05) is 6.54 Å². The van der Waals surface area contributed by atoms with E-state index in [0.717, 1.165) is 31.4 Å². The van der Waals surface area contributed by atoms with Crippen LogP contribution in [0.5, 0.6) is 0 Å². The van der Waals surface area contributed by atoms with Gasteiger partial charge in [0.1, 0.15) is 0 Å². The van der Waals surface area contributed by atoms with E-state index in [1.165, 1.54) is 18.9 Å². The lowest BCUT2D eigenvalue weighted by atomic mass is 9.80. The first-order chi connectivity index (χ1) is 9.61. The minimum atomic E-state index is -0.309. The zero-order valence-electron chi connectivity index (χ0n) is 11.8. The molecule has 1 aliphatic rings. The fourth-order valence-electron chi connectivity index (χ4n) is 3.16. The highest BCUT2D eigenvalue weighted by Gasteiger charge is 2.27. The number of nitrogens with zero attached hydrogens (tertiary/aromatic N) is 1. The Bertz CT molecular complexity index is 477. The molecule has 20 heavy (non-hydrogen) atoms. The van der Waals surface area contributed by atoms with Gasteiger partial charge in [0.05, 0.1) is 4.92 Å². The molecule has 2 atom stereocenters. The van der Waals surface area contributed by atoms with Crippen LogP contribution in [0.4, 0.5) is 5.69 Å². The number of halogens is 1. The Labute approximate surface area is 124 Å². The van der Waals surface area contributed by atoms with Gasteiger partial charge in [-0.15, -0.1) is 0 Å². The molecule has 1 fully saturated rings. The molecule has 1 saturated carbocycles. The average molecular weight is 297 g/mol. The van der Waals surface area contributed by atoms with E-state index in [0.29, 0.717) is 17.0 Å². The van der Waals surface area contributed by atoms with Crippen molar-refractivity contribution < 1.29 is 4.92 Å². The maximum atomic E-state index is 11.1. The highest BCUT2D eigenvalue weighted by atomic mass is 35.5. The normalized spacial score (nSPS) is 22.7. The minimum absolute atomic E-state index is 0.190. The Hall–Kier alpha value is -1.13. The SMILES string of the molecule is CCNC1CCCCC1Cc1cc(Cl)ccc1[N+](=O)[O-]. The molecule has 0 aromatic heterocycles. The lowest BCUT2D eigenvalue weighted by Crippen LogP contribution is -2.39. The van der Waals surface area contributed by atoms with Crippen molar-refractivity contribution >= 4 is 17.3 Å². The third kappa shape index (κ3) is 3.70. The van der Waals surface area contributed by atoms with Gasteiger partial charge in [0.25, 0.3) is 5.69 Å². The van der Waals surface area contributed by atoms with E-state index < -0.39 is 0 Å². The molecule has 4 nitrogen and oxygen atoms in total. The molecule has 0 aliphatic heterocycles. The van der Waals surface area contributed by atoms with Gasteiger partial charge in [-0.1, -0.05) is 31.4 Å². The van der Waals surface area contributed by atoms with Gasteiger partial charge in [0, 0.05) is 22.7 Å². The minimum Gasteiger partial charge on any atom is -0.314 e. The van der Waals surface area contributed by atoms with Crippen LogP contribution in [0.1, 0.15) is 38.2 Å². The molecule has 0 spiro atoms. The molecule has 1 aromatic carbocycles. The fourth-order valence-corrected chi connectivity index (χ4v) is 3.36. The van der Waals surface area contributed by atoms with Crippen LogP contribution < -0.4 is 5.32 Å². The summed E-state index contributed by atoms with van der Waals surface area (Å²) in [4.78, 5) is 10.8. The Morgan fingerprint density at radius 2 is 2.15 bits per heavy atom. The lowest BCUT2D eigenvalue weighted by Gasteiger charge is -2.32. The highest BCUT2D eigenvalue weighted by Crippen LogP contribution is 2.31. The van der Waals surface area contributed by atoms with Gasteiger partial charge < -0.3 is 5.32 Å². The Balaban J connectivity index is 2.18. The maximum absolute atomic E-state index is 11.1. The van der Waals surface area contributed by atoms with E-state index in [1.54, 1.807) is 12.1 Å². The second kappa shape index (κ2) is 7.04. The van der Waals surface area contributed by atoms with Crippen LogP contribution in [0.3, 0.4) is 0 Å². The quantitative estimate of drug-likeness (QED) is 0.661. The molecule has 0 radical (unpaired) electrons. The van der Waals surface area contributed by atoms with E-state index in [2.05, 4.69) is 12.2 Å². The molecule has 110 valence electrons. The van der Waals surface area contributed by atoms with E-state index in [1.807, 2.05) is 0 Å². The van der Waals surface area contributed by atoms with Crippen molar-refractivity contribution in [2.45, 2.75) is 45.1 Å². The largest absolute Gasteiger partial charge is 0.314 e. The first-order valence-corrected chi connectivity index (χ1v) is 7.65. The molecular weight excluding hydrogens is 276 g/mol. The summed E-state index contributed by atoms with van der Waals surface area (Å²) in [5, 5.41) is 15.2. The summed E-state index contributed by atoms with van der Waals surface area (Å²) in [6.07, 6.45) is 5.47. The average Bonchev–Trinajstić information content (AvgIpc) is 2.41. The Morgan fingerprint density at radius 1 is 1.40 bits per heavy atom. The smallest absolute Gasteiger partial charge is 0.272 e. The van der Waals surface area contributed by atoms with Crippen LogP contribution >= 0.6 is 11.6 Å². The third-order valence-corrected chi connectivity index (χ3v) is 4.33. The lowest BCUT2D eigenvalue weighted by molar-refractivity contribution is -0.385. The van der Waals surface area contributed by atoms with E-state index >= 15 is 0 Å². The molecule has 1 aliphatic carbocycles. The summed E-state index contributed by atoms with van der Waals surface area (Å²) in [6.45, 7) is 3.05. The number of nitro groups is 1. The van der Waals surface area contributed by atoms with Gasteiger partial charge in [-0.3, -0.25) is 10.1 Å². The third-order valence-electron chi connectivity index (χ3n) is 4.10. The fraction of sp³-hybridized carbons (Fsp3) is 0.600. The standard InChI is InChI=1S/C15H21ClN2O2/c1-2-17-14-6-4-3-5-11(14)9-12-10-13(16)7-8-15(12)18(19)20/h7-8,10-11,14,17H,2-6,9H2,1H3. The molecule has 1 aromatic rings. The van der Waals surface area contributed by atoms with E-state index in [-0.39, 0.29) is 10.6 Å². The second-order valence-electron chi connectivity index (χ2n) is 5.44. The van der Waals surface area contributed by atoms with Crippen molar-refractivity contribution in [1.82, 2.24) is 5.32 Å². The van der Waals surface area contributed by atoms with Gasteiger partial charge in [-0.05, 0) is 43.9 Å². The highest BCUT2D eigenvalue weighted by molar-refractivity contribution is 6.30. The van der Waals surface area contributed by atoms with E-state index in [4.69, 9.17) is 11.6 Å². The summed E-state index contributed by atoms with van der Waals surface area (Å²) in [5.74, 6) is 0.459. The summed E-state index contributed by atoms with van der Waals surface area (Å²) in [7, 11) is 0. The molecule has 0 saturated heterocycles. The summed E-state index contributed by atoms with van der Waals surface area (Å²) in [5.41, 5.74) is 0.951. The number of nitro benzene ring substituents is 1. The van der Waals surface area contributed by atoms with Crippen LogP contribution in [0.15, 0.2) is 18.2 Å². The Morgan fingerprint density at radius 3 is 2.85 bits per heavy atom. The topological polar surface area (TPSA) is 55.2 Å². The Kier molecular flexibility index (Phi) is 5.38. The van der Waals surface area contributed by atoms with Crippen molar-refractivity contribution in [1.29, 1.82) is 0 Å². The summed E-state index contributed by atoms with van der Waals surface area (Å²) < 4.78 is 0. The van der Waals surface area contributed by atoms with Crippen molar-refractivity contribution in [2.24, 2.45) is 5.92 Å². The molecule has 2 unspecified atom stereocenters. The summed E-state index contributed by atoms with van der Waals surface area (Å²) in [6, 6.07) is 5.32. The monoisotopic (exact) mass is 296 g/mol. The molecule has 0 amide bonds. The molecule has 5 heteroatoms. The predicted octanol–water partition coefficient (Wildman–Crippen LogP) is 3.96. The van der Waals surface area contributed by atoms with Gasteiger partial charge in [0.2, 0.25) is 0 Å². The van der Waals surface area contributed by atoms with Crippen LogP contribution in [0, 0.1) is 16.0 Å². The first-order valence-electron chi connectivity index (χ1n) is 7.28. The zero-order valence-corrected chi connectivity index (χ0v) is 12.5. The molecular formula is C15H21ClN2O2. The number of hydrogen-bond donors (Lipinski definition) is 1. The van der Waals surface area contributed by atoms with Crippen LogP contribution in [-0.4, -0.2) is 17.5 Å². The predicted molar refractivity (Wildman–Crippen MR) is 81.2 cm³/mol. The van der Waals surface area contributed by atoms with Gasteiger partial charge >= 0.3 is 0 Å². The van der Waals surface area contributed by atoms with Crippen LogP contribution in [-0.2, 0) is 6.42 Å². The van der Waals surface area contributed by atoms with Gasteiger partial charge in [-0.25, -0.2) is 0 Å². The second-order valence-corrected chi connectivity index (χ2v) is 5.88. The summed E-state index contributed by atoms with van der Waals surface area (Å²) >= 11 is 6.00. The van der Waals surface area contributed by atoms with Crippen molar-refractivity contribution in [3.63, 3.8) is 0 Å². The zero-order chi connectivity index (χ0) is 14.5. The molecule has 0 bridgehead atoms. The molecule has 1 N–H and O–H groups in total. The van der Waals surface area contributed by atoms with Crippen molar-refractivity contribution in [3.8, 4) is 0 Å². The number of hydrogen-bond acceptors (Lipinski definition) is 3. The molecule has 2 rings (SSSR count). The molecule has 0 heterocycles. The number of rotatable bonds is 5. The van der Waals surface area contributed by atoms with Crippen LogP contribution in [0.25, 0.3) is 0 Å². The van der Waals surface area contributed by atoms with E-state index in [9.17, 15) is 10.1 Å². The van der Waals surface area contributed by atoms with Gasteiger partial charge in [0.15, 0.2) is 0 Å². The number of benzene rings is 1.